The molecule has 4 nitrogen and oxygen atoms in total. The number of halogens is 4. The van der Waals surface area contributed by atoms with E-state index in [0.29, 0.717) is 11.5 Å². The number of benzene rings is 1. The van der Waals surface area contributed by atoms with Crippen LogP contribution >= 0.6 is 22.6 Å². The molecule has 4 rings (SSSR count). The van der Waals surface area contributed by atoms with Crippen molar-refractivity contribution in [3.8, 4) is 5.88 Å². The van der Waals surface area contributed by atoms with Crippen LogP contribution in [-0.4, -0.2) is 34.0 Å². The van der Waals surface area contributed by atoms with E-state index in [1.54, 1.807) is 0 Å². The zero-order chi connectivity index (χ0) is 20.1. The zero-order valence-electron chi connectivity index (χ0n) is 15.0. The molecule has 1 aliphatic heterocycles. The first-order valence-electron chi connectivity index (χ1n) is 9.03. The van der Waals surface area contributed by atoms with E-state index < -0.39 is 11.7 Å². The second kappa shape index (κ2) is 7.20. The standard InChI is InChI=1S/C20H18F3IN2O2/c1-11-12-8-16(26(11)19(27)14-4-2-3-5-15(14)24)17(9-12)28-18-7-6-13(10-25-18)20(21,22)23/h2-7,10-12,16-17H,8-9H2,1H3. The van der Waals surface area contributed by atoms with Crippen LogP contribution in [0.5, 0.6) is 5.88 Å². The number of likely N-dealkylation sites (tertiary alicyclic amines) is 1. The van der Waals surface area contributed by atoms with Crippen molar-refractivity contribution >= 4 is 28.5 Å². The maximum atomic E-state index is 13.1. The molecule has 148 valence electrons. The lowest BCUT2D eigenvalue weighted by atomic mass is 9.98. The van der Waals surface area contributed by atoms with Crippen LogP contribution in [0.15, 0.2) is 42.6 Å². The molecule has 2 aromatic rings. The number of rotatable bonds is 3. The average Bonchev–Trinajstić information content (AvgIpc) is 3.19. The lowest BCUT2D eigenvalue weighted by Gasteiger charge is -2.37. The molecular weight excluding hydrogens is 484 g/mol. The summed E-state index contributed by atoms with van der Waals surface area (Å²) in [5.41, 5.74) is -0.147. The fraction of sp³-hybridized carbons (Fsp3) is 0.400. The minimum absolute atomic E-state index is 0.0290. The van der Waals surface area contributed by atoms with Gasteiger partial charge in [0.2, 0.25) is 5.88 Å². The minimum Gasteiger partial charge on any atom is -0.472 e. The summed E-state index contributed by atoms with van der Waals surface area (Å²) in [5.74, 6) is 0.438. The van der Waals surface area contributed by atoms with Gasteiger partial charge in [-0.3, -0.25) is 4.79 Å². The topological polar surface area (TPSA) is 42.4 Å². The summed E-state index contributed by atoms with van der Waals surface area (Å²) in [5, 5.41) is 0. The van der Waals surface area contributed by atoms with Gasteiger partial charge in [0.05, 0.1) is 17.2 Å². The zero-order valence-corrected chi connectivity index (χ0v) is 17.1. The molecule has 8 heteroatoms. The normalized spacial score (nSPS) is 26.5. The summed E-state index contributed by atoms with van der Waals surface area (Å²) >= 11 is 2.15. The second-order valence-electron chi connectivity index (χ2n) is 7.27. The second-order valence-corrected chi connectivity index (χ2v) is 8.43. The highest BCUT2D eigenvalue weighted by molar-refractivity contribution is 14.1. The quantitative estimate of drug-likeness (QED) is 0.568. The number of carbonyl (C=O) groups is 1. The number of aromatic nitrogens is 1. The fourth-order valence-corrected chi connectivity index (χ4v) is 4.86. The van der Waals surface area contributed by atoms with Crippen molar-refractivity contribution in [2.24, 2.45) is 5.92 Å². The van der Waals surface area contributed by atoms with Crippen LogP contribution in [-0.2, 0) is 6.18 Å². The Morgan fingerprint density at radius 1 is 1.21 bits per heavy atom. The van der Waals surface area contributed by atoms with Crippen LogP contribution in [0, 0.1) is 9.49 Å². The molecule has 2 heterocycles. The largest absolute Gasteiger partial charge is 0.472 e. The van der Waals surface area contributed by atoms with Crippen LogP contribution in [0.3, 0.4) is 0 Å². The van der Waals surface area contributed by atoms with Crippen molar-refractivity contribution in [2.45, 2.75) is 44.1 Å². The molecule has 0 spiro atoms. The third-order valence-electron chi connectivity index (χ3n) is 5.66. The summed E-state index contributed by atoms with van der Waals surface area (Å²) in [4.78, 5) is 18.8. The van der Waals surface area contributed by atoms with Crippen molar-refractivity contribution in [3.63, 3.8) is 0 Å². The Morgan fingerprint density at radius 3 is 2.57 bits per heavy atom. The predicted octanol–water partition coefficient (Wildman–Crippen LogP) is 4.78. The van der Waals surface area contributed by atoms with Gasteiger partial charge in [-0.2, -0.15) is 13.2 Å². The van der Waals surface area contributed by atoms with Gasteiger partial charge in [-0.1, -0.05) is 12.1 Å². The number of alkyl halides is 3. The van der Waals surface area contributed by atoms with Gasteiger partial charge in [0.15, 0.2) is 0 Å². The van der Waals surface area contributed by atoms with E-state index in [9.17, 15) is 18.0 Å². The monoisotopic (exact) mass is 502 g/mol. The van der Waals surface area contributed by atoms with E-state index in [-0.39, 0.29) is 30.0 Å². The van der Waals surface area contributed by atoms with E-state index >= 15 is 0 Å². The number of ether oxygens (including phenoxy) is 1. The molecule has 0 N–H and O–H groups in total. The Bertz CT molecular complexity index is 888. The Morgan fingerprint density at radius 2 is 1.96 bits per heavy atom. The highest BCUT2D eigenvalue weighted by Crippen LogP contribution is 2.44. The average molecular weight is 502 g/mol. The van der Waals surface area contributed by atoms with Gasteiger partial charge >= 0.3 is 6.18 Å². The van der Waals surface area contributed by atoms with Crippen molar-refractivity contribution in [2.75, 3.05) is 0 Å². The SMILES string of the molecule is CC1C2CC(Oc3ccc(C(F)(F)F)cn3)C(C2)N1C(=O)c1ccccc1I. The van der Waals surface area contributed by atoms with Gasteiger partial charge < -0.3 is 9.64 Å². The lowest BCUT2D eigenvalue weighted by molar-refractivity contribution is -0.137. The molecular formula is C20H18F3IN2O2. The molecule has 1 aliphatic carbocycles. The number of fused-ring (bicyclic) bond motifs is 2. The molecule has 1 aromatic carbocycles. The summed E-state index contributed by atoms with van der Waals surface area (Å²) < 4.78 is 44.9. The van der Waals surface area contributed by atoms with Gasteiger partial charge in [0, 0.05) is 21.9 Å². The first-order valence-corrected chi connectivity index (χ1v) is 10.1. The van der Waals surface area contributed by atoms with E-state index in [2.05, 4.69) is 27.6 Å². The number of hydrogen-bond donors (Lipinski definition) is 0. The van der Waals surface area contributed by atoms with E-state index in [1.807, 2.05) is 36.1 Å². The first-order chi connectivity index (χ1) is 13.3. The van der Waals surface area contributed by atoms with Gasteiger partial charge in [-0.15, -0.1) is 0 Å². The van der Waals surface area contributed by atoms with Crippen molar-refractivity contribution in [1.82, 2.24) is 9.88 Å². The maximum absolute atomic E-state index is 13.1. The molecule has 28 heavy (non-hydrogen) atoms. The molecule has 1 saturated carbocycles. The number of carbonyl (C=O) groups excluding carboxylic acids is 1. The maximum Gasteiger partial charge on any atom is 0.417 e. The number of pyridine rings is 1. The molecule has 4 atom stereocenters. The Balaban J connectivity index is 1.52. The summed E-state index contributed by atoms with van der Waals surface area (Å²) in [7, 11) is 0. The lowest BCUT2D eigenvalue weighted by Crippen LogP contribution is -2.51. The summed E-state index contributed by atoms with van der Waals surface area (Å²) in [6, 6.07) is 9.65. The van der Waals surface area contributed by atoms with Crippen LogP contribution in [0.2, 0.25) is 0 Å². The van der Waals surface area contributed by atoms with Crippen LogP contribution in [0.4, 0.5) is 13.2 Å². The molecule has 1 amide bonds. The third kappa shape index (κ3) is 3.46. The number of hydrogen-bond acceptors (Lipinski definition) is 3. The molecule has 2 aliphatic rings. The number of piperidine rings is 1. The Hall–Kier alpha value is -1.84. The van der Waals surface area contributed by atoms with Gasteiger partial charge in [-0.05, 0) is 66.5 Å². The van der Waals surface area contributed by atoms with Crippen molar-refractivity contribution < 1.29 is 22.7 Å². The van der Waals surface area contributed by atoms with Crippen molar-refractivity contribution in [1.29, 1.82) is 0 Å². The van der Waals surface area contributed by atoms with Crippen LogP contribution in [0.25, 0.3) is 0 Å². The van der Waals surface area contributed by atoms with E-state index in [4.69, 9.17) is 4.74 Å². The van der Waals surface area contributed by atoms with Gasteiger partial charge in [0.1, 0.15) is 6.10 Å². The van der Waals surface area contributed by atoms with Crippen LogP contribution in [0.1, 0.15) is 35.7 Å². The van der Waals surface area contributed by atoms with Gasteiger partial charge in [0.25, 0.3) is 5.91 Å². The minimum atomic E-state index is -4.43. The van der Waals surface area contributed by atoms with Gasteiger partial charge in [-0.25, -0.2) is 4.98 Å². The summed E-state index contributed by atoms with van der Waals surface area (Å²) in [6.07, 6.45) is -2.31. The molecule has 1 aromatic heterocycles. The highest BCUT2D eigenvalue weighted by atomic mass is 127. The number of nitrogens with zero attached hydrogens (tertiary/aromatic N) is 2. The highest BCUT2D eigenvalue weighted by Gasteiger charge is 2.52. The molecule has 1 saturated heterocycles. The summed E-state index contributed by atoms with van der Waals surface area (Å²) in [6.45, 7) is 2.05. The van der Waals surface area contributed by atoms with Crippen LogP contribution < -0.4 is 4.74 Å². The Kier molecular flexibility index (Phi) is 5.01. The molecule has 2 fully saturated rings. The molecule has 0 radical (unpaired) electrons. The predicted molar refractivity (Wildman–Crippen MR) is 105 cm³/mol. The van der Waals surface area contributed by atoms with E-state index in [1.165, 1.54) is 6.07 Å². The first kappa shape index (κ1) is 19.5. The fourth-order valence-electron chi connectivity index (χ4n) is 4.24. The molecule has 4 unspecified atom stereocenters. The third-order valence-corrected chi connectivity index (χ3v) is 6.60. The molecule has 2 bridgehead atoms. The van der Waals surface area contributed by atoms with Crippen molar-refractivity contribution in [3.05, 3.63) is 57.3 Å². The number of amides is 1. The van der Waals surface area contributed by atoms with E-state index in [0.717, 1.165) is 28.7 Å². The smallest absolute Gasteiger partial charge is 0.417 e. The Labute approximate surface area is 174 Å².